The molecular formula is C19H22N2O. The lowest BCUT2D eigenvalue weighted by atomic mass is 9.95. The van der Waals surface area contributed by atoms with Crippen LogP contribution in [0.25, 0.3) is 0 Å². The fourth-order valence-electron chi connectivity index (χ4n) is 3.01. The van der Waals surface area contributed by atoms with Crippen LogP contribution in [0.2, 0.25) is 0 Å². The van der Waals surface area contributed by atoms with Crippen LogP contribution in [0.15, 0.2) is 54.6 Å². The van der Waals surface area contributed by atoms with Gasteiger partial charge in [0.25, 0.3) is 0 Å². The third-order valence-electron chi connectivity index (χ3n) is 4.27. The molecule has 1 aliphatic rings. The van der Waals surface area contributed by atoms with Gasteiger partial charge in [0.1, 0.15) is 0 Å². The Hall–Kier alpha value is -2.29. The molecule has 0 aromatic heterocycles. The molecule has 114 valence electrons. The first-order valence-electron chi connectivity index (χ1n) is 7.90. The van der Waals surface area contributed by atoms with Gasteiger partial charge >= 0.3 is 0 Å². The molecule has 0 saturated carbocycles. The summed E-state index contributed by atoms with van der Waals surface area (Å²) in [5.74, 6) is 0.263. The van der Waals surface area contributed by atoms with E-state index in [1.807, 2.05) is 37.3 Å². The number of carbonyl (C=O) groups is 1. The van der Waals surface area contributed by atoms with Crippen molar-refractivity contribution in [2.75, 3.05) is 23.3 Å². The number of piperidine rings is 1. The predicted octanol–water partition coefficient (Wildman–Crippen LogP) is 3.85. The SMILES string of the molecule is Cc1cccc(NC(=O)C2CCN(c3ccccc3)CC2)c1. The van der Waals surface area contributed by atoms with Crippen molar-refractivity contribution < 1.29 is 4.79 Å². The first-order chi connectivity index (χ1) is 10.7. The lowest BCUT2D eigenvalue weighted by molar-refractivity contribution is -0.120. The Morgan fingerprint density at radius 2 is 1.77 bits per heavy atom. The van der Waals surface area contributed by atoms with E-state index < -0.39 is 0 Å². The molecule has 3 nitrogen and oxygen atoms in total. The van der Waals surface area contributed by atoms with E-state index in [0.29, 0.717) is 0 Å². The van der Waals surface area contributed by atoms with E-state index in [1.165, 1.54) is 5.69 Å². The van der Waals surface area contributed by atoms with Crippen molar-refractivity contribution in [2.45, 2.75) is 19.8 Å². The molecule has 0 bridgehead atoms. The van der Waals surface area contributed by atoms with Crippen LogP contribution < -0.4 is 10.2 Å². The second kappa shape index (κ2) is 6.65. The zero-order chi connectivity index (χ0) is 15.4. The monoisotopic (exact) mass is 294 g/mol. The summed E-state index contributed by atoms with van der Waals surface area (Å²) < 4.78 is 0. The van der Waals surface area contributed by atoms with Crippen molar-refractivity contribution in [3.05, 3.63) is 60.2 Å². The minimum Gasteiger partial charge on any atom is -0.371 e. The number of nitrogens with zero attached hydrogens (tertiary/aromatic N) is 1. The fourth-order valence-corrected chi connectivity index (χ4v) is 3.01. The van der Waals surface area contributed by atoms with Crippen LogP contribution in [0.3, 0.4) is 0 Å². The van der Waals surface area contributed by atoms with E-state index in [-0.39, 0.29) is 11.8 Å². The summed E-state index contributed by atoms with van der Waals surface area (Å²) in [6, 6.07) is 18.4. The number of nitrogens with one attached hydrogen (secondary N) is 1. The lowest BCUT2D eigenvalue weighted by Crippen LogP contribution is -2.38. The predicted molar refractivity (Wildman–Crippen MR) is 91.2 cm³/mol. The van der Waals surface area contributed by atoms with Gasteiger partial charge in [0, 0.05) is 30.4 Å². The van der Waals surface area contributed by atoms with Gasteiger partial charge in [-0.2, -0.15) is 0 Å². The summed E-state index contributed by atoms with van der Waals surface area (Å²) in [5, 5.41) is 3.05. The molecule has 3 heteroatoms. The van der Waals surface area contributed by atoms with Gasteiger partial charge in [0.2, 0.25) is 5.91 Å². The number of rotatable bonds is 3. The Morgan fingerprint density at radius 3 is 2.45 bits per heavy atom. The van der Waals surface area contributed by atoms with Gasteiger partial charge in [-0.15, -0.1) is 0 Å². The molecule has 1 fully saturated rings. The summed E-state index contributed by atoms with van der Waals surface area (Å²) in [6.45, 7) is 3.92. The van der Waals surface area contributed by atoms with Crippen LogP contribution in [0.1, 0.15) is 18.4 Å². The Morgan fingerprint density at radius 1 is 1.05 bits per heavy atom. The number of hydrogen-bond acceptors (Lipinski definition) is 2. The van der Waals surface area contributed by atoms with Gasteiger partial charge < -0.3 is 10.2 Å². The van der Waals surface area contributed by atoms with Crippen LogP contribution in [-0.4, -0.2) is 19.0 Å². The first-order valence-corrected chi connectivity index (χ1v) is 7.90. The number of amides is 1. The second-order valence-corrected chi connectivity index (χ2v) is 5.96. The molecule has 1 amide bonds. The van der Waals surface area contributed by atoms with Gasteiger partial charge in [0.15, 0.2) is 0 Å². The van der Waals surface area contributed by atoms with E-state index in [9.17, 15) is 4.79 Å². The maximum Gasteiger partial charge on any atom is 0.227 e. The molecule has 2 aromatic carbocycles. The van der Waals surface area contributed by atoms with Crippen molar-refractivity contribution in [2.24, 2.45) is 5.92 Å². The second-order valence-electron chi connectivity index (χ2n) is 5.96. The minimum absolute atomic E-state index is 0.112. The minimum atomic E-state index is 0.112. The Bertz CT molecular complexity index is 631. The van der Waals surface area contributed by atoms with Crippen LogP contribution in [-0.2, 0) is 4.79 Å². The normalized spacial score (nSPS) is 15.6. The molecule has 1 aliphatic heterocycles. The molecule has 1 N–H and O–H groups in total. The van der Waals surface area contributed by atoms with E-state index in [2.05, 4.69) is 34.5 Å². The van der Waals surface area contributed by atoms with Gasteiger partial charge in [-0.3, -0.25) is 4.79 Å². The van der Waals surface area contributed by atoms with Crippen LogP contribution >= 0.6 is 0 Å². The Balaban J connectivity index is 1.56. The van der Waals surface area contributed by atoms with E-state index in [1.54, 1.807) is 0 Å². The van der Waals surface area contributed by atoms with Gasteiger partial charge in [-0.05, 0) is 49.6 Å². The third kappa shape index (κ3) is 3.48. The van der Waals surface area contributed by atoms with Crippen molar-refractivity contribution in [1.29, 1.82) is 0 Å². The third-order valence-corrected chi connectivity index (χ3v) is 4.27. The quantitative estimate of drug-likeness (QED) is 0.932. The molecule has 0 radical (unpaired) electrons. The average molecular weight is 294 g/mol. The van der Waals surface area contributed by atoms with Crippen molar-refractivity contribution in [3.8, 4) is 0 Å². The fraction of sp³-hybridized carbons (Fsp3) is 0.316. The maximum absolute atomic E-state index is 12.4. The number of hydrogen-bond donors (Lipinski definition) is 1. The Labute approximate surface area is 132 Å². The molecule has 2 aromatic rings. The largest absolute Gasteiger partial charge is 0.371 e. The number of benzene rings is 2. The topological polar surface area (TPSA) is 32.3 Å². The van der Waals surface area contributed by atoms with Crippen molar-refractivity contribution in [1.82, 2.24) is 0 Å². The summed E-state index contributed by atoms with van der Waals surface area (Å²) in [5.41, 5.74) is 3.31. The smallest absolute Gasteiger partial charge is 0.227 e. The summed E-state index contributed by atoms with van der Waals surface area (Å²) in [4.78, 5) is 14.7. The molecule has 1 saturated heterocycles. The summed E-state index contributed by atoms with van der Waals surface area (Å²) >= 11 is 0. The first kappa shape index (κ1) is 14.6. The molecule has 22 heavy (non-hydrogen) atoms. The molecule has 0 spiro atoms. The zero-order valence-electron chi connectivity index (χ0n) is 13.0. The molecule has 0 atom stereocenters. The molecular weight excluding hydrogens is 272 g/mol. The highest BCUT2D eigenvalue weighted by Gasteiger charge is 2.25. The van der Waals surface area contributed by atoms with Gasteiger partial charge in [-0.1, -0.05) is 30.3 Å². The number of anilines is 2. The van der Waals surface area contributed by atoms with Crippen LogP contribution in [0.5, 0.6) is 0 Å². The summed E-state index contributed by atoms with van der Waals surface area (Å²) in [7, 11) is 0. The average Bonchev–Trinajstić information content (AvgIpc) is 2.56. The van der Waals surface area contributed by atoms with E-state index in [0.717, 1.165) is 37.2 Å². The highest BCUT2D eigenvalue weighted by Crippen LogP contribution is 2.24. The molecule has 3 rings (SSSR count). The van der Waals surface area contributed by atoms with Crippen molar-refractivity contribution in [3.63, 3.8) is 0 Å². The zero-order valence-corrected chi connectivity index (χ0v) is 13.0. The van der Waals surface area contributed by atoms with Gasteiger partial charge in [0.05, 0.1) is 0 Å². The van der Waals surface area contributed by atoms with Crippen LogP contribution in [0.4, 0.5) is 11.4 Å². The van der Waals surface area contributed by atoms with E-state index >= 15 is 0 Å². The van der Waals surface area contributed by atoms with E-state index in [4.69, 9.17) is 0 Å². The van der Waals surface area contributed by atoms with Crippen molar-refractivity contribution >= 4 is 17.3 Å². The molecule has 0 unspecified atom stereocenters. The number of aryl methyl sites for hydroxylation is 1. The number of para-hydroxylation sites is 1. The highest BCUT2D eigenvalue weighted by atomic mass is 16.1. The molecule has 1 heterocycles. The van der Waals surface area contributed by atoms with Gasteiger partial charge in [-0.25, -0.2) is 0 Å². The lowest BCUT2D eigenvalue weighted by Gasteiger charge is -2.33. The summed E-state index contributed by atoms with van der Waals surface area (Å²) in [6.07, 6.45) is 1.82. The maximum atomic E-state index is 12.4. The standard InChI is InChI=1S/C19H22N2O/c1-15-6-5-7-17(14-15)20-19(22)16-10-12-21(13-11-16)18-8-3-2-4-9-18/h2-9,14,16H,10-13H2,1H3,(H,20,22). The Kier molecular flexibility index (Phi) is 4.42. The number of carbonyl (C=O) groups excluding carboxylic acids is 1. The molecule has 0 aliphatic carbocycles. The highest BCUT2D eigenvalue weighted by molar-refractivity contribution is 5.92. The van der Waals surface area contributed by atoms with Crippen LogP contribution in [0, 0.1) is 12.8 Å².